The van der Waals surface area contributed by atoms with Crippen molar-refractivity contribution < 1.29 is 27.4 Å². The van der Waals surface area contributed by atoms with Crippen molar-refractivity contribution in [3.8, 4) is 5.88 Å². The molecule has 0 bridgehead atoms. The van der Waals surface area contributed by atoms with E-state index in [-0.39, 0.29) is 43.1 Å². The number of carbonyl (C=O) groups is 1. The number of hydrogen-bond donors (Lipinski definition) is 2. The van der Waals surface area contributed by atoms with E-state index in [2.05, 4.69) is 20.4 Å². The molecule has 0 unspecified atom stereocenters. The highest BCUT2D eigenvalue weighted by Crippen LogP contribution is 2.19. The van der Waals surface area contributed by atoms with E-state index in [1.54, 1.807) is 12.1 Å². The van der Waals surface area contributed by atoms with Gasteiger partial charge in [0.05, 0.1) is 6.61 Å². The van der Waals surface area contributed by atoms with Crippen molar-refractivity contribution in [3.05, 3.63) is 23.9 Å². The van der Waals surface area contributed by atoms with Crippen LogP contribution in [0.3, 0.4) is 0 Å². The van der Waals surface area contributed by atoms with Crippen LogP contribution >= 0.6 is 24.8 Å². The molecule has 1 aliphatic heterocycles. The summed E-state index contributed by atoms with van der Waals surface area (Å²) in [5.74, 6) is -0.486. The summed E-state index contributed by atoms with van der Waals surface area (Å²) in [6.07, 6.45) is -3.73. The van der Waals surface area contributed by atoms with Gasteiger partial charge in [0, 0.05) is 31.4 Å². The SMILES string of the molecule is Cl.Cl.O=C(NCc1cccnc1OCC(F)(F)F)[C@H]1CNCCO1. The van der Waals surface area contributed by atoms with E-state index < -0.39 is 18.9 Å². The van der Waals surface area contributed by atoms with E-state index in [4.69, 9.17) is 4.74 Å². The summed E-state index contributed by atoms with van der Waals surface area (Å²) < 4.78 is 46.5. The lowest BCUT2D eigenvalue weighted by Crippen LogP contribution is -2.47. The molecule has 0 saturated carbocycles. The quantitative estimate of drug-likeness (QED) is 0.794. The lowest BCUT2D eigenvalue weighted by molar-refractivity contribution is -0.154. The molecule has 2 rings (SSSR count). The van der Waals surface area contributed by atoms with Crippen molar-refractivity contribution in [2.45, 2.75) is 18.8 Å². The Kier molecular flexibility index (Phi) is 9.98. The maximum atomic E-state index is 12.2. The number of pyridine rings is 1. The van der Waals surface area contributed by atoms with Gasteiger partial charge >= 0.3 is 6.18 Å². The Bertz CT molecular complexity index is 515. The zero-order chi connectivity index (χ0) is 16.0. The Balaban J connectivity index is 0.00000264. The average Bonchev–Trinajstić information content (AvgIpc) is 2.51. The van der Waals surface area contributed by atoms with Crippen molar-refractivity contribution in [1.29, 1.82) is 0 Å². The van der Waals surface area contributed by atoms with E-state index in [0.717, 1.165) is 0 Å². The highest BCUT2D eigenvalue weighted by atomic mass is 35.5. The fourth-order valence-corrected chi connectivity index (χ4v) is 1.87. The molecule has 0 aromatic carbocycles. The van der Waals surface area contributed by atoms with Crippen LogP contribution in [0.4, 0.5) is 13.2 Å². The Morgan fingerprint density at radius 3 is 2.83 bits per heavy atom. The van der Waals surface area contributed by atoms with Gasteiger partial charge in [0.1, 0.15) is 6.10 Å². The zero-order valence-electron chi connectivity index (χ0n) is 12.5. The van der Waals surface area contributed by atoms with Crippen LogP contribution < -0.4 is 15.4 Å². The van der Waals surface area contributed by atoms with Crippen LogP contribution in [0.2, 0.25) is 0 Å². The van der Waals surface area contributed by atoms with Gasteiger partial charge in [0.25, 0.3) is 5.91 Å². The molecule has 0 aliphatic carbocycles. The molecule has 1 saturated heterocycles. The van der Waals surface area contributed by atoms with Crippen LogP contribution in [0, 0.1) is 0 Å². The summed E-state index contributed by atoms with van der Waals surface area (Å²) in [6.45, 7) is 0.101. The molecule has 1 aromatic heterocycles. The fourth-order valence-electron chi connectivity index (χ4n) is 1.87. The highest BCUT2D eigenvalue weighted by molar-refractivity contribution is 5.85. The molecule has 2 heterocycles. The normalized spacial score (nSPS) is 17.2. The molecular formula is C13H18Cl2F3N3O3. The third-order valence-corrected chi connectivity index (χ3v) is 2.90. The van der Waals surface area contributed by atoms with Gasteiger partial charge in [-0.1, -0.05) is 6.07 Å². The molecule has 1 atom stereocenters. The standard InChI is InChI=1S/C13H16F3N3O3.2ClH/c14-13(15,16)8-22-12-9(2-1-3-18-12)6-19-11(20)10-7-17-4-5-21-10;;/h1-3,10,17H,4-8H2,(H,19,20);2*1H/t10-;;/m1../s1. The summed E-state index contributed by atoms with van der Waals surface area (Å²) in [6, 6.07) is 3.10. The molecule has 0 spiro atoms. The van der Waals surface area contributed by atoms with Gasteiger partial charge in [-0.15, -0.1) is 24.8 Å². The van der Waals surface area contributed by atoms with Gasteiger partial charge in [0.15, 0.2) is 6.61 Å². The maximum Gasteiger partial charge on any atom is 0.422 e. The molecule has 138 valence electrons. The number of amides is 1. The number of alkyl halides is 3. The van der Waals surface area contributed by atoms with Crippen LogP contribution in [0.5, 0.6) is 5.88 Å². The molecule has 1 fully saturated rings. The number of nitrogens with one attached hydrogen (secondary N) is 2. The van der Waals surface area contributed by atoms with Crippen molar-refractivity contribution in [3.63, 3.8) is 0 Å². The molecule has 24 heavy (non-hydrogen) atoms. The Morgan fingerprint density at radius 1 is 1.46 bits per heavy atom. The third-order valence-electron chi connectivity index (χ3n) is 2.90. The van der Waals surface area contributed by atoms with Crippen LogP contribution in [0.25, 0.3) is 0 Å². The first kappa shape index (κ1) is 22.7. The summed E-state index contributed by atoms with van der Waals surface area (Å²) in [5, 5.41) is 5.62. The van der Waals surface area contributed by atoms with Gasteiger partial charge in [-0.2, -0.15) is 13.2 Å². The van der Waals surface area contributed by atoms with Gasteiger partial charge in [-0.3, -0.25) is 4.79 Å². The summed E-state index contributed by atoms with van der Waals surface area (Å²) in [5.41, 5.74) is 0.365. The number of morpholine rings is 1. The van der Waals surface area contributed by atoms with Gasteiger partial charge in [0.2, 0.25) is 5.88 Å². The van der Waals surface area contributed by atoms with Gasteiger partial charge < -0.3 is 20.1 Å². The first-order valence-electron chi connectivity index (χ1n) is 6.69. The molecule has 1 amide bonds. The van der Waals surface area contributed by atoms with Crippen LogP contribution in [0.1, 0.15) is 5.56 Å². The number of hydrogen-bond acceptors (Lipinski definition) is 5. The largest absolute Gasteiger partial charge is 0.468 e. The van der Waals surface area contributed by atoms with Crippen molar-refractivity contribution in [2.24, 2.45) is 0 Å². The molecule has 0 radical (unpaired) electrons. The minimum Gasteiger partial charge on any atom is -0.468 e. The molecule has 11 heteroatoms. The van der Waals surface area contributed by atoms with E-state index in [1.165, 1.54) is 6.20 Å². The van der Waals surface area contributed by atoms with E-state index >= 15 is 0 Å². The number of carbonyl (C=O) groups excluding carboxylic acids is 1. The third kappa shape index (κ3) is 7.52. The Labute approximate surface area is 149 Å². The van der Waals surface area contributed by atoms with Crippen molar-refractivity contribution in [1.82, 2.24) is 15.6 Å². The topological polar surface area (TPSA) is 72.5 Å². The minimum absolute atomic E-state index is 0. The fraction of sp³-hybridized carbons (Fsp3) is 0.538. The molecule has 6 nitrogen and oxygen atoms in total. The number of aromatic nitrogens is 1. The molecule has 1 aromatic rings. The van der Waals surface area contributed by atoms with E-state index in [1.807, 2.05) is 0 Å². The van der Waals surface area contributed by atoms with Crippen LogP contribution in [-0.4, -0.2) is 49.5 Å². The molecule has 2 N–H and O–H groups in total. The first-order chi connectivity index (χ1) is 10.5. The lowest BCUT2D eigenvalue weighted by Gasteiger charge is -2.22. The van der Waals surface area contributed by atoms with Crippen molar-refractivity contribution >= 4 is 30.7 Å². The molecular weight excluding hydrogens is 374 g/mol. The zero-order valence-corrected chi connectivity index (χ0v) is 14.1. The summed E-state index contributed by atoms with van der Waals surface area (Å²) in [7, 11) is 0. The average molecular weight is 392 g/mol. The van der Waals surface area contributed by atoms with Crippen LogP contribution in [0.15, 0.2) is 18.3 Å². The van der Waals surface area contributed by atoms with Crippen molar-refractivity contribution in [2.75, 3.05) is 26.3 Å². The predicted octanol–water partition coefficient (Wildman–Crippen LogP) is 1.47. The summed E-state index contributed by atoms with van der Waals surface area (Å²) >= 11 is 0. The first-order valence-corrected chi connectivity index (χ1v) is 6.69. The highest BCUT2D eigenvalue weighted by Gasteiger charge is 2.29. The second kappa shape index (κ2) is 10.5. The number of rotatable bonds is 5. The monoisotopic (exact) mass is 391 g/mol. The second-order valence-electron chi connectivity index (χ2n) is 4.65. The van der Waals surface area contributed by atoms with Gasteiger partial charge in [-0.25, -0.2) is 4.98 Å². The maximum absolute atomic E-state index is 12.2. The smallest absolute Gasteiger partial charge is 0.422 e. The number of nitrogens with zero attached hydrogens (tertiary/aromatic N) is 1. The van der Waals surface area contributed by atoms with Gasteiger partial charge in [-0.05, 0) is 6.07 Å². The Hall–Kier alpha value is -1.29. The number of ether oxygens (including phenoxy) is 2. The van der Waals surface area contributed by atoms with E-state index in [9.17, 15) is 18.0 Å². The number of halogens is 5. The Morgan fingerprint density at radius 2 is 2.21 bits per heavy atom. The predicted molar refractivity (Wildman–Crippen MR) is 84.7 cm³/mol. The van der Waals surface area contributed by atoms with Crippen LogP contribution in [-0.2, 0) is 16.1 Å². The second-order valence-corrected chi connectivity index (χ2v) is 4.65. The van der Waals surface area contributed by atoms with E-state index in [0.29, 0.717) is 25.3 Å². The summed E-state index contributed by atoms with van der Waals surface area (Å²) in [4.78, 5) is 15.6. The lowest BCUT2D eigenvalue weighted by atomic mass is 10.2. The molecule has 1 aliphatic rings. The minimum atomic E-state index is -4.44.